The van der Waals surface area contributed by atoms with Crippen LogP contribution in [0.3, 0.4) is 0 Å². The second-order valence-corrected chi connectivity index (χ2v) is 6.77. The van der Waals surface area contributed by atoms with E-state index in [1.165, 1.54) is 0 Å². The summed E-state index contributed by atoms with van der Waals surface area (Å²) in [7, 11) is 0. The fourth-order valence-corrected chi connectivity index (χ4v) is 4.30. The van der Waals surface area contributed by atoms with Crippen LogP contribution in [0.2, 0.25) is 0 Å². The fourth-order valence-electron chi connectivity index (χ4n) is 4.30. The first kappa shape index (κ1) is 14.0. The van der Waals surface area contributed by atoms with Crippen molar-refractivity contribution in [2.45, 2.75) is 57.3 Å². The predicted molar refractivity (Wildman–Crippen MR) is 70.7 cm³/mol. The van der Waals surface area contributed by atoms with Gasteiger partial charge in [0.05, 0.1) is 18.3 Å². The van der Waals surface area contributed by atoms with Crippen LogP contribution in [-0.2, 0) is 9.53 Å². The molecule has 0 saturated heterocycles. The molecule has 2 aliphatic carbocycles. The predicted octanol–water partition coefficient (Wildman–Crippen LogP) is 0.523. The standard InChI is InChI=1S/C15H22O5/c1-8-3-4-12(17)15(19)6-11-9(5-14(8,15)2)10(7-16)13(18)20-11/h8,11-12,16-17,19H,3-7H2,1-2H3/t8-,11+,12+,14+,15-/m0/s1. The molecule has 0 aromatic rings. The fraction of sp³-hybridized carbons (Fsp3) is 0.800. The van der Waals surface area contributed by atoms with Crippen LogP contribution in [0.5, 0.6) is 0 Å². The maximum Gasteiger partial charge on any atom is 0.337 e. The molecule has 3 N–H and O–H groups in total. The topological polar surface area (TPSA) is 87.0 Å². The van der Waals surface area contributed by atoms with Gasteiger partial charge in [-0.2, -0.15) is 0 Å². The van der Waals surface area contributed by atoms with E-state index in [2.05, 4.69) is 6.92 Å². The second kappa shape index (κ2) is 4.29. The quantitative estimate of drug-likeness (QED) is 0.610. The Morgan fingerprint density at radius 1 is 1.40 bits per heavy atom. The van der Waals surface area contributed by atoms with Crippen molar-refractivity contribution in [1.29, 1.82) is 0 Å². The lowest BCUT2D eigenvalue weighted by Crippen LogP contribution is -2.64. The van der Waals surface area contributed by atoms with E-state index in [-0.39, 0.29) is 18.9 Å². The number of rotatable bonds is 1. The summed E-state index contributed by atoms with van der Waals surface area (Å²) in [6.45, 7) is 3.73. The van der Waals surface area contributed by atoms with Gasteiger partial charge in [0.1, 0.15) is 11.7 Å². The molecule has 0 aromatic carbocycles. The molecule has 0 amide bonds. The van der Waals surface area contributed by atoms with E-state index in [0.29, 0.717) is 18.4 Å². The highest BCUT2D eigenvalue weighted by Crippen LogP contribution is 2.58. The molecule has 2 saturated carbocycles. The number of carbonyl (C=O) groups is 1. The van der Waals surface area contributed by atoms with E-state index in [9.17, 15) is 20.1 Å². The zero-order chi connectivity index (χ0) is 14.7. The summed E-state index contributed by atoms with van der Waals surface area (Å²) < 4.78 is 5.27. The molecule has 3 aliphatic rings. The summed E-state index contributed by atoms with van der Waals surface area (Å²) >= 11 is 0. The summed E-state index contributed by atoms with van der Waals surface area (Å²) in [6.07, 6.45) is 0.846. The molecule has 5 atom stereocenters. The molecule has 0 spiro atoms. The van der Waals surface area contributed by atoms with E-state index in [4.69, 9.17) is 4.74 Å². The number of ether oxygens (including phenoxy) is 1. The van der Waals surface area contributed by atoms with Gasteiger partial charge in [-0.15, -0.1) is 0 Å². The molecule has 5 heteroatoms. The van der Waals surface area contributed by atoms with Crippen LogP contribution in [0, 0.1) is 11.3 Å². The van der Waals surface area contributed by atoms with Crippen LogP contribution in [0.25, 0.3) is 0 Å². The van der Waals surface area contributed by atoms with Crippen LogP contribution in [0.4, 0.5) is 0 Å². The first-order valence-corrected chi connectivity index (χ1v) is 7.27. The first-order valence-electron chi connectivity index (χ1n) is 7.27. The lowest BCUT2D eigenvalue weighted by Gasteiger charge is -2.58. The third kappa shape index (κ3) is 1.57. The van der Waals surface area contributed by atoms with Crippen molar-refractivity contribution in [3.8, 4) is 0 Å². The van der Waals surface area contributed by atoms with Gasteiger partial charge in [0.25, 0.3) is 0 Å². The molecule has 20 heavy (non-hydrogen) atoms. The summed E-state index contributed by atoms with van der Waals surface area (Å²) in [5.41, 5.74) is -0.578. The van der Waals surface area contributed by atoms with Gasteiger partial charge in [-0.05, 0) is 30.8 Å². The van der Waals surface area contributed by atoms with Crippen molar-refractivity contribution in [1.82, 2.24) is 0 Å². The Balaban J connectivity index is 2.06. The molecule has 0 radical (unpaired) electrons. The second-order valence-electron chi connectivity index (χ2n) is 6.77. The Bertz CT molecular complexity index is 485. The molecule has 3 rings (SSSR count). The summed E-state index contributed by atoms with van der Waals surface area (Å²) in [6, 6.07) is 0. The molecule has 1 aliphatic heterocycles. The van der Waals surface area contributed by atoms with Gasteiger partial charge in [-0.1, -0.05) is 13.8 Å². The average molecular weight is 282 g/mol. The maximum atomic E-state index is 11.8. The Morgan fingerprint density at radius 3 is 2.75 bits per heavy atom. The summed E-state index contributed by atoms with van der Waals surface area (Å²) in [5, 5.41) is 30.7. The first-order chi connectivity index (χ1) is 9.33. The number of esters is 1. The molecular weight excluding hydrogens is 260 g/mol. The Hall–Kier alpha value is -0.910. The van der Waals surface area contributed by atoms with Gasteiger partial charge in [0, 0.05) is 11.8 Å². The van der Waals surface area contributed by atoms with E-state index >= 15 is 0 Å². The van der Waals surface area contributed by atoms with Crippen molar-refractivity contribution in [3.63, 3.8) is 0 Å². The number of hydrogen-bond acceptors (Lipinski definition) is 5. The SMILES string of the molecule is C[C@H]1CC[C@@H](O)[C@@]2(O)C[C@H]3OC(=O)C(CO)=C3C[C@]12C. The highest BCUT2D eigenvalue weighted by molar-refractivity contribution is 5.92. The lowest BCUT2D eigenvalue weighted by atomic mass is 9.51. The number of aliphatic hydroxyl groups excluding tert-OH is 2. The zero-order valence-corrected chi connectivity index (χ0v) is 11.9. The Labute approximate surface area is 118 Å². The van der Waals surface area contributed by atoms with Crippen molar-refractivity contribution < 1.29 is 24.9 Å². The number of hydrogen-bond donors (Lipinski definition) is 3. The molecule has 2 fully saturated rings. The third-order valence-corrected chi connectivity index (χ3v) is 5.99. The van der Waals surface area contributed by atoms with Crippen molar-refractivity contribution in [2.75, 3.05) is 6.61 Å². The smallest absolute Gasteiger partial charge is 0.337 e. The molecule has 0 aromatic heterocycles. The molecule has 5 nitrogen and oxygen atoms in total. The Morgan fingerprint density at radius 2 is 2.10 bits per heavy atom. The minimum Gasteiger partial charge on any atom is -0.454 e. The largest absolute Gasteiger partial charge is 0.454 e. The molecule has 0 unspecified atom stereocenters. The minimum atomic E-state index is -1.23. The van der Waals surface area contributed by atoms with Crippen molar-refractivity contribution in [2.24, 2.45) is 11.3 Å². The van der Waals surface area contributed by atoms with Gasteiger partial charge >= 0.3 is 5.97 Å². The minimum absolute atomic E-state index is 0.222. The van der Waals surface area contributed by atoms with Crippen LogP contribution >= 0.6 is 0 Å². The summed E-state index contributed by atoms with van der Waals surface area (Å²) in [4.78, 5) is 11.8. The number of aliphatic hydroxyl groups is 3. The van der Waals surface area contributed by atoms with Crippen LogP contribution < -0.4 is 0 Å². The zero-order valence-electron chi connectivity index (χ0n) is 11.9. The van der Waals surface area contributed by atoms with E-state index in [0.717, 1.165) is 12.0 Å². The van der Waals surface area contributed by atoms with E-state index in [1.807, 2.05) is 6.92 Å². The van der Waals surface area contributed by atoms with Crippen LogP contribution in [-0.4, -0.2) is 45.7 Å². The molecular formula is C15H22O5. The maximum absolute atomic E-state index is 11.8. The van der Waals surface area contributed by atoms with Crippen molar-refractivity contribution in [3.05, 3.63) is 11.1 Å². The average Bonchev–Trinajstić information content (AvgIpc) is 2.68. The third-order valence-electron chi connectivity index (χ3n) is 5.99. The van der Waals surface area contributed by atoms with Gasteiger partial charge in [0.15, 0.2) is 0 Å². The number of fused-ring (bicyclic) bond motifs is 2. The van der Waals surface area contributed by atoms with Gasteiger partial charge < -0.3 is 20.1 Å². The van der Waals surface area contributed by atoms with Gasteiger partial charge in [-0.25, -0.2) is 4.79 Å². The molecule has 0 bridgehead atoms. The van der Waals surface area contributed by atoms with Gasteiger partial charge in [0.2, 0.25) is 0 Å². The summed E-state index contributed by atoms with van der Waals surface area (Å²) in [5.74, 6) is -0.250. The Kier molecular flexibility index (Phi) is 3.01. The molecule has 1 heterocycles. The van der Waals surface area contributed by atoms with Gasteiger partial charge in [-0.3, -0.25) is 0 Å². The highest BCUT2D eigenvalue weighted by Gasteiger charge is 2.62. The van der Waals surface area contributed by atoms with Crippen LogP contribution in [0.1, 0.15) is 39.5 Å². The molecule has 112 valence electrons. The number of carbonyl (C=O) groups excluding carboxylic acids is 1. The lowest BCUT2D eigenvalue weighted by molar-refractivity contribution is -0.221. The van der Waals surface area contributed by atoms with E-state index in [1.54, 1.807) is 0 Å². The monoisotopic (exact) mass is 282 g/mol. The van der Waals surface area contributed by atoms with Crippen LogP contribution in [0.15, 0.2) is 11.1 Å². The van der Waals surface area contributed by atoms with Crippen molar-refractivity contribution >= 4 is 5.97 Å². The van der Waals surface area contributed by atoms with E-state index < -0.39 is 29.2 Å². The highest BCUT2D eigenvalue weighted by atomic mass is 16.6. The normalized spacial score (nSPS) is 47.9.